The van der Waals surface area contributed by atoms with Gasteiger partial charge in [0.05, 0.1) is 11.0 Å². The Kier molecular flexibility index (Phi) is 4.11. The summed E-state index contributed by atoms with van der Waals surface area (Å²) in [6.45, 7) is 0.0697. The lowest BCUT2D eigenvalue weighted by atomic mass is 10.2. The van der Waals surface area contributed by atoms with Crippen LogP contribution in [0.4, 0.5) is 10.1 Å². The molecule has 0 saturated carbocycles. The Balaban J connectivity index is 2.11. The lowest BCUT2D eigenvalue weighted by Gasteiger charge is -2.06. The summed E-state index contributed by atoms with van der Waals surface area (Å²) in [6.07, 6.45) is 0. The Bertz CT molecular complexity index is 601. The molecule has 2 rings (SSSR count). The van der Waals surface area contributed by atoms with E-state index in [-0.39, 0.29) is 12.3 Å². The number of nitro groups is 1. The summed E-state index contributed by atoms with van der Waals surface area (Å²) in [5.41, 5.74) is 0.129. The Morgan fingerprint density at radius 2 is 1.89 bits per heavy atom. The van der Waals surface area contributed by atoms with Gasteiger partial charge in [0.2, 0.25) is 0 Å². The van der Waals surface area contributed by atoms with Crippen molar-refractivity contribution in [3.05, 3.63) is 68.4 Å². The monoisotopic (exact) mass is 325 g/mol. The first-order valence-corrected chi connectivity index (χ1v) is 6.16. The predicted molar refractivity (Wildman–Crippen MR) is 71.5 cm³/mol. The van der Waals surface area contributed by atoms with Gasteiger partial charge in [-0.3, -0.25) is 10.1 Å². The summed E-state index contributed by atoms with van der Waals surface area (Å²) in [7, 11) is 0. The second kappa shape index (κ2) is 5.79. The first kappa shape index (κ1) is 13.5. The topological polar surface area (TPSA) is 52.4 Å². The third-order valence-electron chi connectivity index (χ3n) is 2.37. The molecule has 0 bridgehead atoms. The van der Waals surface area contributed by atoms with Crippen LogP contribution in [-0.4, -0.2) is 4.92 Å². The van der Waals surface area contributed by atoms with E-state index in [1.54, 1.807) is 12.1 Å². The fraction of sp³-hybridized carbons (Fsp3) is 0.0769. The van der Waals surface area contributed by atoms with Crippen LogP contribution < -0.4 is 4.74 Å². The van der Waals surface area contributed by atoms with E-state index in [1.807, 2.05) is 12.1 Å². The van der Waals surface area contributed by atoms with Crippen LogP contribution in [0.5, 0.6) is 5.75 Å². The summed E-state index contributed by atoms with van der Waals surface area (Å²) in [5.74, 6) is -0.0429. The lowest BCUT2D eigenvalue weighted by Crippen LogP contribution is -1.98. The van der Waals surface area contributed by atoms with E-state index < -0.39 is 10.7 Å². The molecule has 0 radical (unpaired) electrons. The highest BCUT2D eigenvalue weighted by molar-refractivity contribution is 9.10. The second-order valence-electron chi connectivity index (χ2n) is 3.82. The van der Waals surface area contributed by atoms with Gasteiger partial charge in [0.1, 0.15) is 18.2 Å². The van der Waals surface area contributed by atoms with Gasteiger partial charge in [-0.25, -0.2) is 4.39 Å². The number of non-ortho nitro benzene ring substituents is 1. The lowest BCUT2D eigenvalue weighted by molar-refractivity contribution is -0.385. The third-order valence-corrected chi connectivity index (χ3v) is 2.90. The second-order valence-corrected chi connectivity index (χ2v) is 4.73. The van der Waals surface area contributed by atoms with Crippen molar-refractivity contribution in [2.45, 2.75) is 6.61 Å². The minimum atomic E-state index is -0.649. The fourth-order valence-corrected chi connectivity index (χ4v) is 1.78. The molecule has 0 spiro atoms. The molecule has 0 unspecified atom stereocenters. The minimum absolute atomic E-state index is 0.0697. The minimum Gasteiger partial charge on any atom is -0.489 e. The van der Waals surface area contributed by atoms with E-state index in [4.69, 9.17) is 4.74 Å². The van der Waals surface area contributed by atoms with Gasteiger partial charge in [-0.1, -0.05) is 15.9 Å². The number of hydrogen-bond donors (Lipinski definition) is 0. The zero-order chi connectivity index (χ0) is 13.8. The molecule has 2 aromatic rings. The average Bonchev–Trinajstić information content (AvgIpc) is 2.37. The van der Waals surface area contributed by atoms with E-state index in [2.05, 4.69) is 15.9 Å². The maximum Gasteiger partial charge on any atom is 0.272 e. The van der Waals surface area contributed by atoms with Crippen molar-refractivity contribution in [1.82, 2.24) is 0 Å². The van der Waals surface area contributed by atoms with Crippen LogP contribution in [0, 0.1) is 15.9 Å². The largest absolute Gasteiger partial charge is 0.489 e. The summed E-state index contributed by atoms with van der Waals surface area (Å²) < 4.78 is 19.5. The van der Waals surface area contributed by atoms with Crippen molar-refractivity contribution in [2.24, 2.45) is 0 Å². The van der Waals surface area contributed by atoms with Crippen molar-refractivity contribution in [1.29, 1.82) is 0 Å². The van der Waals surface area contributed by atoms with E-state index in [9.17, 15) is 14.5 Å². The number of hydrogen-bond acceptors (Lipinski definition) is 3. The number of ether oxygens (including phenoxy) is 1. The Labute approximate surface area is 117 Å². The predicted octanol–water partition coefficient (Wildman–Crippen LogP) is 4.08. The first-order valence-electron chi connectivity index (χ1n) is 5.37. The summed E-state index contributed by atoms with van der Waals surface area (Å²) in [5, 5.41) is 10.6. The van der Waals surface area contributed by atoms with E-state index in [0.29, 0.717) is 11.3 Å². The number of halogens is 2. The van der Waals surface area contributed by atoms with Crippen molar-refractivity contribution >= 4 is 21.6 Å². The van der Waals surface area contributed by atoms with Crippen LogP contribution in [0.2, 0.25) is 0 Å². The molecule has 0 aliphatic heterocycles. The summed E-state index contributed by atoms with van der Waals surface area (Å²) in [4.78, 5) is 9.98. The van der Waals surface area contributed by atoms with Crippen LogP contribution in [0.15, 0.2) is 46.9 Å². The number of nitrogens with zero attached hydrogens (tertiary/aromatic N) is 1. The zero-order valence-corrected chi connectivity index (χ0v) is 11.3. The Morgan fingerprint density at radius 1 is 1.21 bits per heavy atom. The highest BCUT2D eigenvalue weighted by Gasteiger charge is 2.10. The third kappa shape index (κ3) is 3.75. The molecule has 0 fully saturated rings. The van der Waals surface area contributed by atoms with Crippen molar-refractivity contribution < 1.29 is 14.1 Å². The highest BCUT2D eigenvalue weighted by atomic mass is 79.9. The molecule has 98 valence electrons. The van der Waals surface area contributed by atoms with E-state index >= 15 is 0 Å². The van der Waals surface area contributed by atoms with Crippen LogP contribution in [0.25, 0.3) is 0 Å². The number of nitro benzene ring substituents is 1. The first-order chi connectivity index (χ1) is 9.04. The SMILES string of the molecule is O=[N+]([O-])c1cc(F)cc(COc2ccc(Br)cc2)c1. The molecule has 0 aliphatic rings. The quantitative estimate of drug-likeness (QED) is 0.628. The van der Waals surface area contributed by atoms with Crippen LogP contribution in [0.3, 0.4) is 0 Å². The normalized spacial score (nSPS) is 10.2. The van der Waals surface area contributed by atoms with Gasteiger partial charge in [-0.15, -0.1) is 0 Å². The fourth-order valence-electron chi connectivity index (χ4n) is 1.52. The van der Waals surface area contributed by atoms with Crippen molar-refractivity contribution in [3.63, 3.8) is 0 Å². The van der Waals surface area contributed by atoms with Gasteiger partial charge in [0.15, 0.2) is 0 Å². The molecule has 0 saturated heterocycles. The molecule has 19 heavy (non-hydrogen) atoms. The molecule has 2 aromatic carbocycles. The van der Waals surface area contributed by atoms with Crippen LogP contribution in [0.1, 0.15) is 5.56 Å². The molecular weight excluding hydrogens is 317 g/mol. The summed E-state index contributed by atoms with van der Waals surface area (Å²) >= 11 is 3.30. The van der Waals surface area contributed by atoms with Gasteiger partial charge in [-0.05, 0) is 35.9 Å². The molecule has 6 heteroatoms. The highest BCUT2D eigenvalue weighted by Crippen LogP contribution is 2.20. The average molecular weight is 326 g/mol. The Hall–Kier alpha value is -1.95. The van der Waals surface area contributed by atoms with Crippen LogP contribution >= 0.6 is 15.9 Å². The molecule has 0 amide bonds. The Morgan fingerprint density at radius 3 is 2.53 bits per heavy atom. The molecular formula is C13H9BrFNO3. The molecule has 0 aromatic heterocycles. The zero-order valence-electron chi connectivity index (χ0n) is 9.68. The molecule has 4 nitrogen and oxygen atoms in total. The van der Waals surface area contributed by atoms with Gasteiger partial charge in [0, 0.05) is 10.5 Å². The maximum absolute atomic E-state index is 13.2. The molecule has 0 N–H and O–H groups in total. The van der Waals surface area contributed by atoms with Crippen molar-refractivity contribution in [3.8, 4) is 5.75 Å². The maximum atomic E-state index is 13.2. The van der Waals surface area contributed by atoms with Crippen LogP contribution in [-0.2, 0) is 6.61 Å². The van der Waals surface area contributed by atoms with Gasteiger partial charge < -0.3 is 4.74 Å². The van der Waals surface area contributed by atoms with E-state index in [0.717, 1.165) is 10.5 Å². The van der Waals surface area contributed by atoms with Gasteiger partial charge in [0.25, 0.3) is 5.69 Å². The molecule has 0 aliphatic carbocycles. The molecule has 0 heterocycles. The smallest absolute Gasteiger partial charge is 0.272 e. The van der Waals surface area contributed by atoms with Crippen molar-refractivity contribution in [2.75, 3.05) is 0 Å². The molecule has 0 atom stereocenters. The number of benzene rings is 2. The van der Waals surface area contributed by atoms with Gasteiger partial charge >= 0.3 is 0 Å². The summed E-state index contributed by atoms with van der Waals surface area (Å²) in [6, 6.07) is 10.5. The standard InChI is InChI=1S/C13H9BrFNO3/c14-10-1-3-13(4-2-10)19-8-9-5-11(15)7-12(6-9)16(17)18/h1-7H,8H2. The van der Waals surface area contributed by atoms with Gasteiger partial charge in [-0.2, -0.15) is 0 Å². The van der Waals surface area contributed by atoms with E-state index in [1.165, 1.54) is 12.1 Å². The number of rotatable bonds is 4.